The number of carbonyl (C=O) groups is 4. The van der Waals surface area contributed by atoms with Crippen molar-refractivity contribution in [2.75, 3.05) is 26.4 Å². The minimum absolute atomic E-state index is 0.00293. The minimum atomic E-state index is -0.654. The molecule has 6 rings (SSSR count). The molecular formula is C47H70O8. The summed E-state index contributed by atoms with van der Waals surface area (Å²) in [4.78, 5) is 51.2. The molecule has 15 unspecified atom stereocenters. The summed E-state index contributed by atoms with van der Waals surface area (Å²) in [6, 6.07) is 0. The Hall–Kier alpha value is -2.90. The Kier molecular flexibility index (Phi) is 13.8. The fourth-order valence-electron chi connectivity index (χ4n) is 13.2. The summed E-state index contributed by atoms with van der Waals surface area (Å²) in [5.74, 6) is 6.02. The van der Waals surface area contributed by atoms with E-state index in [1.807, 2.05) is 6.92 Å². The quantitative estimate of drug-likeness (QED) is 0.0556. The number of esters is 4. The van der Waals surface area contributed by atoms with Crippen LogP contribution in [0.4, 0.5) is 0 Å². The summed E-state index contributed by atoms with van der Waals surface area (Å²) in [5.41, 5.74) is 1.34. The topological polar surface area (TPSA) is 105 Å². The lowest BCUT2D eigenvalue weighted by atomic mass is 9.76. The Morgan fingerprint density at radius 1 is 0.655 bits per heavy atom. The van der Waals surface area contributed by atoms with E-state index in [4.69, 9.17) is 18.9 Å². The molecule has 0 aromatic carbocycles. The van der Waals surface area contributed by atoms with Gasteiger partial charge in [-0.15, -0.1) is 0 Å². The Morgan fingerprint density at radius 2 is 1.20 bits per heavy atom. The monoisotopic (exact) mass is 763 g/mol. The van der Waals surface area contributed by atoms with E-state index >= 15 is 0 Å². The zero-order chi connectivity index (χ0) is 39.6. The van der Waals surface area contributed by atoms with Crippen molar-refractivity contribution in [1.82, 2.24) is 0 Å². The molecule has 0 spiro atoms. The van der Waals surface area contributed by atoms with Crippen molar-refractivity contribution in [2.24, 2.45) is 94.7 Å². The van der Waals surface area contributed by atoms with Gasteiger partial charge in [0, 0.05) is 11.6 Å². The average molecular weight is 763 g/mol. The number of allylic oxidation sites excluding steroid dienone is 1. The third kappa shape index (κ3) is 9.98. The van der Waals surface area contributed by atoms with Gasteiger partial charge in [0.15, 0.2) is 0 Å². The molecule has 0 aromatic heterocycles. The van der Waals surface area contributed by atoms with Crippen LogP contribution in [0.15, 0.2) is 36.5 Å². The average Bonchev–Trinajstić information content (AvgIpc) is 3.97. The number of hydrogen-bond acceptors (Lipinski definition) is 8. The molecule has 0 aromatic rings. The van der Waals surface area contributed by atoms with Crippen molar-refractivity contribution in [1.29, 1.82) is 0 Å². The van der Waals surface area contributed by atoms with Gasteiger partial charge in [-0.3, -0.25) is 9.59 Å². The third-order valence-electron chi connectivity index (χ3n) is 15.1. The van der Waals surface area contributed by atoms with Crippen molar-refractivity contribution in [3.63, 3.8) is 0 Å². The lowest BCUT2D eigenvalue weighted by Gasteiger charge is -2.31. The van der Waals surface area contributed by atoms with Crippen LogP contribution in [0, 0.1) is 94.7 Å². The summed E-state index contributed by atoms with van der Waals surface area (Å²) in [5, 5.41) is 0. The molecule has 306 valence electrons. The molecule has 6 aliphatic rings. The standard InChI is InChI=1S/C47H70O8/c1-9-44(48)52-22-31-13-38-34-18-36(41(20-34)42(38)15-31)25-55-47(51)37(30(8)12-29(7)11-28(6)10-26(2)3)21-45(49)53-23-32-14-39-33-17-35(24-54-46(50)27(4)5)40(19-33)43(39)16-32/h9,12,26,28-29,31-43H,1,4,10-11,13-25H2,2-3,5-8H3/b30-12+. The van der Waals surface area contributed by atoms with Gasteiger partial charge in [0.05, 0.1) is 38.8 Å². The molecule has 0 aliphatic heterocycles. The van der Waals surface area contributed by atoms with Crippen LogP contribution < -0.4 is 0 Å². The smallest absolute Gasteiger partial charge is 0.333 e. The molecule has 6 fully saturated rings. The number of rotatable bonds is 19. The van der Waals surface area contributed by atoms with E-state index in [1.54, 1.807) is 6.92 Å². The Balaban J connectivity index is 1.02. The second-order valence-electron chi connectivity index (χ2n) is 19.8. The molecule has 0 radical (unpaired) electrons. The highest BCUT2D eigenvalue weighted by molar-refractivity contribution is 5.87. The van der Waals surface area contributed by atoms with Crippen LogP contribution in [0.25, 0.3) is 0 Å². The van der Waals surface area contributed by atoms with Crippen molar-refractivity contribution in [2.45, 2.75) is 112 Å². The first-order chi connectivity index (χ1) is 26.2. The van der Waals surface area contributed by atoms with E-state index in [2.05, 4.69) is 46.9 Å². The summed E-state index contributed by atoms with van der Waals surface area (Å²) < 4.78 is 23.1. The van der Waals surface area contributed by atoms with Crippen LogP contribution >= 0.6 is 0 Å². The second kappa shape index (κ2) is 18.1. The first-order valence-corrected chi connectivity index (χ1v) is 21.8. The van der Waals surface area contributed by atoms with E-state index in [0.29, 0.717) is 115 Å². The van der Waals surface area contributed by atoms with E-state index in [1.165, 1.54) is 18.9 Å². The molecule has 0 heterocycles. The predicted molar refractivity (Wildman–Crippen MR) is 212 cm³/mol. The molecule has 8 heteroatoms. The Morgan fingerprint density at radius 3 is 1.75 bits per heavy atom. The second-order valence-corrected chi connectivity index (χ2v) is 19.8. The van der Waals surface area contributed by atoms with E-state index in [-0.39, 0.29) is 36.2 Å². The first kappa shape index (κ1) is 41.7. The maximum absolute atomic E-state index is 14.0. The van der Waals surface area contributed by atoms with Crippen molar-refractivity contribution < 1.29 is 38.1 Å². The van der Waals surface area contributed by atoms with Crippen LogP contribution in [0.2, 0.25) is 0 Å². The van der Waals surface area contributed by atoms with Gasteiger partial charge >= 0.3 is 23.9 Å². The Bertz CT molecular complexity index is 1460. The molecule has 0 saturated heterocycles. The summed E-state index contributed by atoms with van der Waals surface area (Å²) in [6.45, 7) is 21.7. The van der Waals surface area contributed by atoms with Crippen LogP contribution in [-0.2, 0) is 38.1 Å². The van der Waals surface area contributed by atoms with Gasteiger partial charge in [-0.25, -0.2) is 9.59 Å². The van der Waals surface area contributed by atoms with Crippen LogP contribution in [0.1, 0.15) is 112 Å². The largest absolute Gasteiger partial charge is 0.465 e. The fourth-order valence-corrected chi connectivity index (χ4v) is 13.2. The minimum Gasteiger partial charge on any atom is -0.465 e. The molecular weight excluding hydrogens is 693 g/mol. The van der Waals surface area contributed by atoms with Crippen LogP contribution in [0.3, 0.4) is 0 Å². The van der Waals surface area contributed by atoms with Crippen molar-refractivity contribution in [3.8, 4) is 0 Å². The zero-order valence-corrected chi connectivity index (χ0v) is 34.7. The van der Waals surface area contributed by atoms with Crippen molar-refractivity contribution >= 4 is 23.9 Å². The first-order valence-electron chi connectivity index (χ1n) is 21.8. The lowest BCUT2D eigenvalue weighted by Crippen LogP contribution is -2.30. The lowest BCUT2D eigenvalue weighted by molar-refractivity contribution is -0.155. The number of ether oxygens (including phenoxy) is 4. The van der Waals surface area contributed by atoms with Crippen molar-refractivity contribution in [3.05, 3.63) is 36.5 Å². The highest BCUT2D eigenvalue weighted by Gasteiger charge is 2.57. The highest BCUT2D eigenvalue weighted by atomic mass is 16.5. The number of carbonyl (C=O) groups excluding carboxylic acids is 4. The molecule has 0 N–H and O–H groups in total. The molecule has 4 bridgehead atoms. The summed E-state index contributed by atoms with van der Waals surface area (Å²) in [7, 11) is 0. The van der Waals surface area contributed by atoms with E-state index in [0.717, 1.165) is 56.9 Å². The molecule has 0 amide bonds. The third-order valence-corrected chi connectivity index (χ3v) is 15.1. The molecule has 6 saturated carbocycles. The van der Waals surface area contributed by atoms with Gasteiger partial charge in [-0.05, 0) is 167 Å². The molecule has 15 atom stereocenters. The zero-order valence-electron chi connectivity index (χ0n) is 34.7. The van der Waals surface area contributed by atoms with Gasteiger partial charge in [-0.2, -0.15) is 0 Å². The van der Waals surface area contributed by atoms with E-state index in [9.17, 15) is 19.2 Å². The van der Waals surface area contributed by atoms with Gasteiger partial charge in [0.2, 0.25) is 0 Å². The fraction of sp³-hybridized carbons (Fsp3) is 0.787. The van der Waals surface area contributed by atoms with E-state index < -0.39 is 5.92 Å². The maximum atomic E-state index is 14.0. The Labute approximate surface area is 331 Å². The normalized spacial score (nSPS) is 35.9. The van der Waals surface area contributed by atoms with Gasteiger partial charge in [0.1, 0.15) is 0 Å². The summed E-state index contributed by atoms with van der Waals surface area (Å²) in [6.07, 6.45) is 14.5. The number of hydrogen-bond donors (Lipinski definition) is 0. The molecule has 6 aliphatic carbocycles. The van der Waals surface area contributed by atoms with Crippen LogP contribution in [-0.4, -0.2) is 50.3 Å². The number of fused-ring (bicyclic) bond motifs is 10. The van der Waals surface area contributed by atoms with Gasteiger partial charge < -0.3 is 18.9 Å². The van der Waals surface area contributed by atoms with Gasteiger partial charge in [-0.1, -0.05) is 52.5 Å². The molecule has 8 nitrogen and oxygen atoms in total. The SMILES string of the molecule is C=CC(=O)OCC1CC2C3CC(COC(=O)C(CC(=O)OCC4CC5C6CC(COC(=O)C(=C)C)C(C6)C5C4)/C(C)=C/C(C)CC(C)CC(C)C)C(C3)C2C1. The van der Waals surface area contributed by atoms with Crippen LogP contribution in [0.5, 0.6) is 0 Å². The predicted octanol–water partition coefficient (Wildman–Crippen LogP) is 9.18. The highest BCUT2D eigenvalue weighted by Crippen LogP contribution is 2.63. The van der Waals surface area contributed by atoms with Gasteiger partial charge in [0.25, 0.3) is 0 Å². The molecule has 55 heavy (non-hydrogen) atoms. The maximum Gasteiger partial charge on any atom is 0.333 e. The summed E-state index contributed by atoms with van der Waals surface area (Å²) >= 11 is 0.